The highest BCUT2D eigenvalue weighted by molar-refractivity contribution is 14.1. The molecule has 1 aromatic carbocycles. The maximum absolute atomic E-state index is 12.5. The fraction of sp³-hybridized carbons (Fsp3) is 0.158. The molecule has 0 aliphatic heterocycles. The molecule has 0 saturated carbocycles. The quantitative estimate of drug-likeness (QED) is 0.533. The summed E-state index contributed by atoms with van der Waals surface area (Å²) in [5.74, 6) is 0.223. The van der Waals surface area contributed by atoms with E-state index in [1.54, 1.807) is 36.8 Å². The molecule has 2 aromatic heterocycles. The number of benzene rings is 1. The number of carbonyl (C=O) groups excluding carboxylic acids is 1. The van der Waals surface area contributed by atoms with Crippen molar-refractivity contribution in [1.29, 1.82) is 5.26 Å². The molecule has 27 heavy (non-hydrogen) atoms. The lowest BCUT2D eigenvalue weighted by Crippen LogP contribution is -2.42. The van der Waals surface area contributed by atoms with Gasteiger partial charge in [0.15, 0.2) is 0 Å². The average molecular weight is 473 g/mol. The largest absolute Gasteiger partial charge is 0.475 e. The number of imidazole rings is 1. The van der Waals surface area contributed by atoms with Gasteiger partial charge in [0.05, 0.1) is 17.9 Å². The fourth-order valence-electron chi connectivity index (χ4n) is 2.38. The van der Waals surface area contributed by atoms with Gasteiger partial charge >= 0.3 is 0 Å². The maximum atomic E-state index is 12.5. The first-order valence-electron chi connectivity index (χ1n) is 8.15. The van der Waals surface area contributed by atoms with Gasteiger partial charge < -0.3 is 14.6 Å². The van der Waals surface area contributed by atoms with E-state index in [0.717, 1.165) is 3.57 Å². The van der Waals surface area contributed by atoms with Gasteiger partial charge in [0.1, 0.15) is 12.7 Å². The zero-order valence-electron chi connectivity index (χ0n) is 14.2. The van der Waals surface area contributed by atoms with Crippen LogP contribution in [0.1, 0.15) is 15.9 Å². The summed E-state index contributed by atoms with van der Waals surface area (Å²) in [5.41, 5.74) is 1.05. The molecule has 0 radical (unpaired) electrons. The minimum Gasteiger partial charge on any atom is -0.475 e. The highest BCUT2D eigenvalue weighted by Crippen LogP contribution is 2.09. The van der Waals surface area contributed by atoms with Gasteiger partial charge in [-0.3, -0.25) is 4.79 Å². The number of ether oxygens (including phenoxy) is 1. The zero-order chi connectivity index (χ0) is 19.1. The Labute approximate surface area is 170 Å². The number of hydrogen-bond donors (Lipinski definition) is 1. The third-order valence-corrected chi connectivity index (χ3v) is 4.45. The van der Waals surface area contributed by atoms with E-state index < -0.39 is 0 Å². The van der Waals surface area contributed by atoms with Crippen LogP contribution in [0.15, 0.2) is 61.3 Å². The molecule has 136 valence electrons. The standard InChI is InChI=1S/C19H16IN5O2/c20-16-4-2-15(3-5-16)19(26)24-17(11-25-8-7-22-13-25)12-27-18-6-1-14(9-21)10-23-18/h1-8,10,13,17H,11-12H2,(H,24,26). The first-order chi connectivity index (χ1) is 13.1. The molecule has 3 rings (SSSR count). The van der Waals surface area contributed by atoms with Gasteiger partial charge in [-0.1, -0.05) is 0 Å². The smallest absolute Gasteiger partial charge is 0.251 e. The Kier molecular flexibility index (Phi) is 6.38. The van der Waals surface area contributed by atoms with Crippen LogP contribution in [-0.4, -0.2) is 33.1 Å². The maximum Gasteiger partial charge on any atom is 0.251 e. The summed E-state index contributed by atoms with van der Waals surface area (Å²) in [6, 6.07) is 12.3. The van der Waals surface area contributed by atoms with Crippen LogP contribution in [0.3, 0.4) is 0 Å². The molecule has 1 unspecified atom stereocenters. The number of halogens is 1. The normalized spacial score (nSPS) is 11.4. The lowest BCUT2D eigenvalue weighted by atomic mass is 10.2. The number of aromatic nitrogens is 3. The molecule has 0 aliphatic rings. The van der Waals surface area contributed by atoms with Crippen LogP contribution in [0.2, 0.25) is 0 Å². The molecule has 2 heterocycles. The lowest BCUT2D eigenvalue weighted by Gasteiger charge is -2.19. The Hall–Kier alpha value is -2.93. The number of nitriles is 1. The molecule has 1 amide bonds. The van der Waals surface area contributed by atoms with E-state index in [1.165, 1.54) is 6.20 Å². The molecule has 8 heteroatoms. The molecule has 7 nitrogen and oxygen atoms in total. The van der Waals surface area contributed by atoms with Crippen LogP contribution in [0.5, 0.6) is 5.88 Å². The van der Waals surface area contributed by atoms with E-state index in [0.29, 0.717) is 23.6 Å². The molecule has 0 bridgehead atoms. The van der Waals surface area contributed by atoms with Gasteiger partial charge in [-0.15, -0.1) is 0 Å². The summed E-state index contributed by atoms with van der Waals surface area (Å²) < 4.78 is 8.64. The van der Waals surface area contributed by atoms with Crippen LogP contribution < -0.4 is 10.1 Å². The number of hydrogen-bond acceptors (Lipinski definition) is 5. The molecule has 0 saturated heterocycles. The number of rotatable bonds is 7. The second-order valence-corrected chi connectivity index (χ2v) is 6.99. The van der Waals surface area contributed by atoms with Gasteiger partial charge in [0, 0.05) is 40.3 Å². The molecule has 0 aliphatic carbocycles. The Morgan fingerprint density at radius 2 is 2.11 bits per heavy atom. The fourth-order valence-corrected chi connectivity index (χ4v) is 2.74. The van der Waals surface area contributed by atoms with Crippen molar-refractivity contribution in [1.82, 2.24) is 19.9 Å². The number of pyridine rings is 1. The minimum absolute atomic E-state index is 0.173. The molecule has 0 spiro atoms. The van der Waals surface area contributed by atoms with Crippen molar-refractivity contribution in [2.45, 2.75) is 12.6 Å². The predicted molar refractivity (Wildman–Crippen MR) is 107 cm³/mol. The van der Waals surface area contributed by atoms with Gasteiger partial charge in [-0.2, -0.15) is 5.26 Å². The average Bonchev–Trinajstić information content (AvgIpc) is 3.20. The number of carbonyl (C=O) groups is 1. The van der Waals surface area contributed by atoms with Crippen molar-refractivity contribution < 1.29 is 9.53 Å². The van der Waals surface area contributed by atoms with Crippen LogP contribution in [-0.2, 0) is 6.54 Å². The van der Waals surface area contributed by atoms with Crippen molar-refractivity contribution in [3.05, 3.63) is 76.0 Å². The van der Waals surface area contributed by atoms with Gasteiger partial charge in [-0.05, 0) is 52.9 Å². The zero-order valence-corrected chi connectivity index (χ0v) is 16.4. The van der Waals surface area contributed by atoms with Gasteiger partial charge in [-0.25, -0.2) is 9.97 Å². The van der Waals surface area contributed by atoms with Crippen LogP contribution >= 0.6 is 22.6 Å². The molecular formula is C19H16IN5O2. The second kappa shape index (κ2) is 9.14. The van der Waals surface area contributed by atoms with Crippen LogP contribution in [0.4, 0.5) is 0 Å². The second-order valence-electron chi connectivity index (χ2n) is 5.74. The number of nitrogens with one attached hydrogen (secondary N) is 1. The monoisotopic (exact) mass is 473 g/mol. The first kappa shape index (κ1) is 18.8. The van der Waals surface area contributed by atoms with Crippen molar-refractivity contribution in [3.63, 3.8) is 0 Å². The highest BCUT2D eigenvalue weighted by Gasteiger charge is 2.16. The SMILES string of the molecule is N#Cc1ccc(OCC(Cn2ccnc2)NC(=O)c2ccc(I)cc2)nc1. The molecule has 1 atom stereocenters. The van der Waals surface area contributed by atoms with Crippen LogP contribution in [0.25, 0.3) is 0 Å². The lowest BCUT2D eigenvalue weighted by molar-refractivity contribution is 0.0914. The van der Waals surface area contributed by atoms with E-state index in [2.05, 4.69) is 37.9 Å². The number of nitrogens with zero attached hydrogens (tertiary/aromatic N) is 4. The molecular weight excluding hydrogens is 457 g/mol. The summed E-state index contributed by atoms with van der Waals surface area (Å²) in [6.07, 6.45) is 6.64. The third kappa shape index (κ3) is 5.52. The summed E-state index contributed by atoms with van der Waals surface area (Å²) in [5, 5.41) is 11.8. The van der Waals surface area contributed by atoms with Crippen molar-refractivity contribution in [3.8, 4) is 11.9 Å². The Bertz CT molecular complexity index is 918. The Morgan fingerprint density at radius 3 is 2.74 bits per heavy atom. The van der Waals surface area contributed by atoms with Crippen molar-refractivity contribution in [2.75, 3.05) is 6.61 Å². The summed E-state index contributed by atoms with van der Waals surface area (Å²) in [7, 11) is 0. The van der Waals surface area contributed by atoms with E-state index in [-0.39, 0.29) is 18.6 Å². The number of amides is 1. The van der Waals surface area contributed by atoms with Gasteiger partial charge in [0.2, 0.25) is 5.88 Å². The topological polar surface area (TPSA) is 92.8 Å². The van der Waals surface area contributed by atoms with E-state index in [9.17, 15) is 4.79 Å². The van der Waals surface area contributed by atoms with Gasteiger partial charge in [0.25, 0.3) is 5.91 Å². The molecule has 1 N–H and O–H groups in total. The van der Waals surface area contributed by atoms with Crippen molar-refractivity contribution >= 4 is 28.5 Å². The minimum atomic E-state index is -0.288. The Morgan fingerprint density at radius 1 is 1.30 bits per heavy atom. The van der Waals surface area contributed by atoms with Crippen LogP contribution in [0, 0.1) is 14.9 Å². The summed E-state index contributed by atoms with van der Waals surface area (Å²) in [4.78, 5) is 20.7. The summed E-state index contributed by atoms with van der Waals surface area (Å²) >= 11 is 2.20. The van der Waals surface area contributed by atoms with E-state index in [1.807, 2.05) is 29.0 Å². The highest BCUT2D eigenvalue weighted by atomic mass is 127. The first-order valence-corrected chi connectivity index (χ1v) is 9.23. The third-order valence-electron chi connectivity index (χ3n) is 3.73. The van der Waals surface area contributed by atoms with E-state index in [4.69, 9.17) is 10.00 Å². The summed E-state index contributed by atoms with van der Waals surface area (Å²) in [6.45, 7) is 0.736. The Balaban J connectivity index is 1.67. The molecule has 3 aromatic rings. The van der Waals surface area contributed by atoms with Crippen molar-refractivity contribution in [2.24, 2.45) is 0 Å². The van der Waals surface area contributed by atoms with E-state index >= 15 is 0 Å². The predicted octanol–water partition coefficient (Wildman–Crippen LogP) is 2.63. The molecule has 0 fully saturated rings.